The van der Waals surface area contributed by atoms with E-state index >= 15 is 0 Å². The third-order valence-corrected chi connectivity index (χ3v) is 3.66. The molecule has 0 unspecified atom stereocenters. The van der Waals surface area contributed by atoms with Crippen molar-refractivity contribution in [2.75, 3.05) is 5.32 Å². The molecule has 4 heteroatoms. The van der Waals surface area contributed by atoms with Crippen LogP contribution in [0.15, 0.2) is 60.9 Å². The molecule has 1 heterocycles. The Kier molecular flexibility index (Phi) is 3.93. The van der Waals surface area contributed by atoms with E-state index < -0.39 is 0 Å². The maximum Gasteiger partial charge on any atom is 0.0645 e. The molecule has 0 aliphatic heterocycles. The summed E-state index contributed by atoms with van der Waals surface area (Å²) in [6.45, 7) is 2.74. The number of halogens is 1. The molecule has 0 saturated heterocycles. The van der Waals surface area contributed by atoms with Crippen molar-refractivity contribution in [3.8, 4) is 5.69 Å². The maximum absolute atomic E-state index is 6.21. The van der Waals surface area contributed by atoms with Crippen LogP contribution in [0.1, 0.15) is 11.1 Å². The van der Waals surface area contributed by atoms with E-state index in [4.69, 9.17) is 11.6 Å². The largest absolute Gasteiger partial charge is 0.379 e. The summed E-state index contributed by atoms with van der Waals surface area (Å²) in [7, 11) is 0. The fourth-order valence-electron chi connectivity index (χ4n) is 2.22. The second-order valence-electron chi connectivity index (χ2n) is 4.91. The van der Waals surface area contributed by atoms with Crippen LogP contribution in [0.25, 0.3) is 5.69 Å². The quantitative estimate of drug-likeness (QED) is 0.771. The lowest BCUT2D eigenvalue weighted by Gasteiger charge is -2.10. The second kappa shape index (κ2) is 6.02. The van der Waals surface area contributed by atoms with Gasteiger partial charge in [0.1, 0.15) is 0 Å². The fraction of sp³-hybridized carbons (Fsp3) is 0.118. The maximum atomic E-state index is 6.21. The minimum absolute atomic E-state index is 0.692. The van der Waals surface area contributed by atoms with Gasteiger partial charge in [0.05, 0.1) is 22.6 Å². The highest BCUT2D eigenvalue weighted by molar-refractivity contribution is 6.33. The predicted molar refractivity (Wildman–Crippen MR) is 87.1 cm³/mol. The number of anilines is 1. The molecule has 1 N–H and O–H groups in total. The van der Waals surface area contributed by atoms with Gasteiger partial charge < -0.3 is 5.32 Å². The standard InChI is InChI=1S/C17H16ClN3/c1-13-6-5-9-16(18)17(13)19-10-14-11-20-21(12-14)15-7-3-2-4-8-15/h2-9,11-12,19H,10H2,1H3. The van der Waals surface area contributed by atoms with Crippen molar-refractivity contribution in [1.82, 2.24) is 9.78 Å². The smallest absolute Gasteiger partial charge is 0.0645 e. The first-order chi connectivity index (χ1) is 10.2. The van der Waals surface area contributed by atoms with Crippen LogP contribution in [0.4, 0.5) is 5.69 Å². The average Bonchev–Trinajstić information content (AvgIpc) is 2.97. The van der Waals surface area contributed by atoms with Crippen LogP contribution in [0.5, 0.6) is 0 Å². The molecule has 0 saturated carbocycles. The third-order valence-electron chi connectivity index (χ3n) is 3.35. The first-order valence-electron chi connectivity index (χ1n) is 6.82. The predicted octanol–water partition coefficient (Wildman–Crippen LogP) is 4.45. The Hall–Kier alpha value is -2.26. The normalized spacial score (nSPS) is 10.6. The molecule has 106 valence electrons. The van der Waals surface area contributed by atoms with E-state index in [0.29, 0.717) is 6.54 Å². The van der Waals surface area contributed by atoms with Crippen LogP contribution in [-0.2, 0) is 6.54 Å². The number of para-hydroxylation sites is 2. The van der Waals surface area contributed by atoms with Gasteiger partial charge in [-0.2, -0.15) is 5.10 Å². The Morgan fingerprint density at radius 1 is 1.10 bits per heavy atom. The van der Waals surface area contributed by atoms with Gasteiger partial charge in [0.25, 0.3) is 0 Å². The van der Waals surface area contributed by atoms with E-state index in [1.807, 2.05) is 72.5 Å². The van der Waals surface area contributed by atoms with Crippen LogP contribution < -0.4 is 5.32 Å². The number of aryl methyl sites for hydroxylation is 1. The molecule has 0 aliphatic rings. The molecule has 3 rings (SSSR count). The summed E-state index contributed by atoms with van der Waals surface area (Å²) in [4.78, 5) is 0. The number of hydrogen-bond donors (Lipinski definition) is 1. The average molecular weight is 298 g/mol. The van der Waals surface area contributed by atoms with E-state index in [1.165, 1.54) is 0 Å². The molecule has 2 aromatic carbocycles. The van der Waals surface area contributed by atoms with Gasteiger partial charge in [0, 0.05) is 18.3 Å². The minimum Gasteiger partial charge on any atom is -0.379 e. The molecular weight excluding hydrogens is 282 g/mol. The molecular formula is C17H16ClN3. The van der Waals surface area contributed by atoms with Crippen LogP contribution in [-0.4, -0.2) is 9.78 Å². The Labute approximate surface area is 129 Å². The fourth-order valence-corrected chi connectivity index (χ4v) is 2.51. The van der Waals surface area contributed by atoms with E-state index in [-0.39, 0.29) is 0 Å². The van der Waals surface area contributed by atoms with Crippen molar-refractivity contribution >= 4 is 17.3 Å². The molecule has 3 aromatic rings. The number of nitrogens with zero attached hydrogens (tertiary/aromatic N) is 2. The van der Waals surface area contributed by atoms with Crippen molar-refractivity contribution in [2.45, 2.75) is 13.5 Å². The van der Waals surface area contributed by atoms with Gasteiger partial charge in [0.15, 0.2) is 0 Å². The van der Waals surface area contributed by atoms with Crippen LogP contribution in [0.3, 0.4) is 0 Å². The topological polar surface area (TPSA) is 29.9 Å². The molecule has 0 fully saturated rings. The monoisotopic (exact) mass is 297 g/mol. The Morgan fingerprint density at radius 3 is 2.67 bits per heavy atom. The summed E-state index contributed by atoms with van der Waals surface area (Å²) in [5.74, 6) is 0. The SMILES string of the molecule is Cc1cccc(Cl)c1NCc1cnn(-c2ccccc2)c1. The summed E-state index contributed by atoms with van der Waals surface area (Å²) in [6, 6.07) is 16.0. The summed E-state index contributed by atoms with van der Waals surface area (Å²) < 4.78 is 1.87. The van der Waals surface area contributed by atoms with Gasteiger partial charge in [0.2, 0.25) is 0 Å². The van der Waals surface area contributed by atoms with Crippen LogP contribution in [0, 0.1) is 6.92 Å². The molecule has 3 nitrogen and oxygen atoms in total. The van der Waals surface area contributed by atoms with E-state index in [1.54, 1.807) is 0 Å². The molecule has 0 spiro atoms. The summed E-state index contributed by atoms with van der Waals surface area (Å²) >= 11 is 6.21. The highest BCUT2D eigenvalue weighted by atomic mass is 35.5. The number of nitrogens with one attached hydrogen (secondary N) is 1. The first kappa shape index (κ1) is 13.7. The first-order valence-corrected chi connectivity index (χ1v) is 7.20. The molecule has 0 atom stereocenters. The zero-order valence-corrected chi connectivity index (χ0v) is 12.5. The van der Waals surface area contributed by atoms with Crippen molar-refractivity contribution in [3.05, 3.63) is 77.1 Å². The number of hydrogen-bond acceptors (Lipinski definition) is 2. The molecule has 21 heavy (non-hydrogen) atoms. The Morgan fingerprint density at radius 2 is 1.90 bits per heavy atom. The Balaban J connectivity index is 1.74. The van der Waals surface area contributed by atoms with E-state index in [9.17, 15) is 0 Å². The van der Waals surface area contributed by atoms with Crippen molar-refractivity contribution in [1.29, 1.82) is 0 Å². The van der Waals surface area contributed by atoms with Crippen molar-refractivity contribution in [3.63, 3.8) is 0 Å². The zero-order valence-electron chi connectivity index (χ0n) is 11.8. The summed E-state index contributed by atoms with van der Waals surface area (Å²) in [5, 5.41) is 8.51. The lowest BCUT2D eigenvalue weighted by molar-refractivity contribution is 0.880. The minimum atomic E-state index is 0.692. The van der Waals surface area contributed by atoms with Crippen molar-refractivity contribution < 1.29 is 0 Å². The Bertz CT molecular complexity index is 715. The van der Waals surface area contributed by atoms with Gasteiger partial charge in [-0.05, 0) is 30.7 Å². The molecule has 0 bridgehead atoms. The molecule has 0 amide bonds. The zero-order chi connectivity index (χ0) is 14.7. The van der Waals surface area contributed by atoms with Crippen LogP contribution >= 0.6 is 11.6 Å². The van der Waals surface area contributed by atoms with E-state index in [2.05, 4.69) is 10.4 Å². The van der Waals surface area contributed by atoms with Crippen molar-refractivity contribution in [2.24, 2.45) is 0 Å². The lowest BCUT2D eigenvalue weighted by Crippen LogP contribution is -2.01. The number of rotatable bonds is 4. The van der Waals surface area contributed by atoms with Gasteiger partial charge in [-0.1, -0.05) is 41.9 Å². The highest BCUT2D eigenvalue weighted by Crippen LogP contribution is 2.25. The van der Waals surface area contributed by atoms with Gasteiger partial charge in [-0.15, -0.1) is 0 Å². The number of benzene rings is 2. The van der Waals surface area contributed by atoms with Gasteiger partial charge in [-0.3, -0.25) is 0 Å². The second-order valence-corrected chi connectivity index (χ2v) is 5.32. The number of aromatic nitrogens is 2. The third kappa shape index (κ3) is 3.09. The van der Waals surface area contributed by atoms with Crippen LogP contribution in [0.2, 0.25) is 5.02 Å². The molecule has 1 aromatic heterocycles. The van der Waals surface area contributed by atoms with E-state index in [0.717, 1.165) is 27.5 Å². The molecule has 0 radical (unpaired) electrons. The molecule has 0 aliphatic carbocycles. The van der Waals surface area contributed by atoms with Gasteiger partial charge in [-0.25, -0.2) is 4.68 Å². The highest BCUT2D eigenvalue weighted by Gasteiger charge is 2.05. The van der Waals surface area contributed by atoms with Gasteiger partial charge >= 0.3 is 0 Å². The summed E-state index contributed by atoms with van der Waals surface area (Å²) in [5.41, 5.74) is 4.28. The summed E-state index contributed by atoms with van der Waals surface area (Å²) in [6.07, 6.45) is 3.89. The lowest BCUT2D eigenvalue weighted by atomic mass is 10.2.